The Bertz CT molecular complexity index is 501. The molecule has 1 aromatic carbocycles. The van der Waals surface area contributed by atoms with Gasteiger partial charge in [0, 0.05) is 11.4 Å². The van der Waals surface area contributed by atoms with E-state index in [9.17, 15) is 18.0 Å². The van der Waals surface area contributed by atoms with E-state index in [1.165, 1.54) is 13.2 Å². The Kier molecular flexibility index (Phi) is 5.46. The van der Waals surface area contributed by atoms with Crippen molar-refractivity contribution in [2.24, 2.45) is 5.92 Å². The molecule has 0 aliphatic heterocycles. The zero-order valence-electron chi connectivity index (χ0n) is 12.1. The number of esters is 1. The monoisotopic (exact) mass is 304 g/mol. The van der Waals surface area contributed by atoms with Gasteiger partial charge in [0.15, 0.2) is 0 Å². The molecule has 0 aliphatic carbocycles. The molecule has 0 amide bonds. The van der Waals surface area contributed by atoms with E-state index in [1.807, 2.05) is 13.8 Å². The molecule has 118 valence electrons. The highest BCUT2D eigenvalue weighted by Crippen LogP contribution is 2.35. The summed E-state index contributed by atoms with van der Waals surface area (Å²) in [6, 6.07) is 2.75. The summed E-state index contributed by atoms with van der Waals surface area (Å²) in [5, 5.41) is 2.77. The van der Waals surface area contributed by atoms with Gasteiger partial charge in [0.25, 0.3) is 0 Å². The number of hydrogen-bond donors (Lipinski definition) is 2. The minimum atomic E-state index is -4.54. The number of nitrogens with one attached hydrogen (secondary N) is 1. The number of methoxy groups -OCH3 is 1. The first-order valence-corrected chi connectivity index (χ1v) is 6.46. The lowest BCUT2D eigenvalue weighted by Gasteiger charge is -2.20. The fourth-order valence-electron chi connectivity index (χ4n) is 1.92. The summed E-state index contributed by atoms with van der Waals surface area (Å²) >= 11 is 0. The van der Waals surface area contributed by atoms with E-state index in [0.717, 1.165) is 12.1 Å². The van der Waals surface area contributed by atoms with Crippen LogP contribution in [0.3, 0.4) is 0 Å². The number of benzene rings is 1. The molecule has 3 N–H and O–H groups in total. The van der Waals surface area contributed by atoms with E-state index in [1.54, 1.807) is 0 Å². The first-order valence-electron chi connectivity index (χ1n) is 6.46. The van der Waals surface area contributed by atoms with Gasteiger partial charge in [0.05, 0.1) is 12.7 Å². The Labute approximate surface area is 121 Å². The molecule has 0 saturated heterocycles. The minimum Gasteiger partial charge on any atom is -0.467 e. The highest BCUT2D eigenvalue weighted by Gasteiger charge is 2.33. The second kappa shape index (κ2) is 6.69. The molecule has 0 bridgehead atoms. The van der Waals surface area contributed by atoms with Crippen molar-refractivity contribution in [1.29, 1.82) is 0 Å². The van der Waals surface area contributed by atoms with E-state index in [-0.39, 0.29) is 17.3 Å². The zero-order chi connectivity index (χ0) is 16.2. The molecule has 0 fully saturated rings. The average Bonchev–Trinajstić information content (AvgIpc) is 2.37. The van der Waals surface area contributed by atoms with Crippen molar-refractivity contribution in [1.82, 2.24) is 0 Å². The lowest BCUT2D eigenvalue weighted by atomic mass is 10.0. The molecule has 0 aliphatic rings. The van der Waals surface area contributed by atoms with Crippen LogP contribution in [0.4, 0.5) is 24.5 Å². The van der Waals surface area contributed by atoms with Crippen molar-refractivity contribution in [3.63, 3.8) is 0 Å². The second-order valence-corrected chi connectivity index (χ2v) is 5.15. The van der Waals surface area contributed by atoms with Gasteiger partial charge in [-0.25, -0.2) is 4.79 Å². The fraction of sp³-hybridized carbons (Fsp3) is 0.500. The summed E-state index contributed by atoms with van der Waals surface area (Å²) in [4.78, 5) is 11.7. The van der Waals surface area contributed by atoms with E-state index >= 15 is 0 Å². The molecular formula is C14H19F3N2O2. The van der Waals surface area contributed by atoms with Crippen LogP contribution in [0.1, 0.15) is 25.8 Å². The number of alkyl halides is 3. The first kappa shape index (κ1) is 17.1. The van der Waals surface area contributed by atoms with Crippen LogP contribution in [0.5, 0.6) is 0 Å². The summed E-state index contributed by atoms with van der Waals surface area (Å²) < 4.78 is 43.1. The molecule has 0 saturated carbocycles. The van der Waals surface area contributed by atoms with Gasteiger partial charge in [0.1, 0.15) is 6.04 Å². The van der Waals surface area contributed by atoms with Gasteiger partial charge in [0.2, 0.25) is 0 Å². The van der Waals surface area contributed by atoms with E-state index in [4.69, 9.17) is 5.73 Å². The molecule has 7 heteroatoms. The van der Waals surface area contributed by atoms with Crippen LogP contribution in [0.25, 0.3) is 0 Å². The highest BCUT2D eigenvalue weighted by molar-refractivity contribution is 5.79. The van der Waals surface area contributed by atoms with Crippen molar-refractivity contribution in [2.75, 3.05) is 18.2 Å². The van der Waals surface area contributed by atoms with Crippen molar-refractivity contribution in [2.45, 2.75) is 32.5 Å². The molecule has 0 radical (unpaired) electrons. The molecule has 1 atom stereocenters. The van der Waals surface area contributed by atoms with E-state index in [0.29, 0.717) is 6.42 Å². The van der Waals surface area contributed by atoms with Crippen molar-refractivity contribution in [3.8, 4) is 0 Å². The first-order chi connectivity index (χ1) is 9.65. The van der Waals surface area contributed by atoms with Gasteiger partial charge >= 0.3 is 12.1 Å². The molecule has 21 heavy (non-hydrogen) atoms. The minimum absolute atomic E-state index is 0.174. The smallest absolute Gasteiger partial charge is 0.418 e. The zero-order valence-corrected chi connectivity index (χ0v) is 12.1. The van der Waals surface area contributed by atoms with Gasteiger partial charge in [-0.15, -0.1) is 0 Å². The summed E-state index contributed by atoms with van der Waals surface area (Å²) in [7, 11) is 1.24. The molecule has 1 rings (SSSR count). The number of halogens is 3. The number of nitrogens with two attached hydrogens (primary N) is 1. The molecular weight excluding hydrogens is 285 g/mol. The predicted molar refractivity (Wildman–Crippen MR) is 74.7 cm³/mol. The number of nitrogen functional groups attached to an aromatic ring is 1. The Balaban J connectivity index is 3.02. The summed E-state index contributed by atoms with van der Waals surface area (Å²) in [6.45, 7) is 3.81. The summed E-state index contributed by atoms with van der Waals surface area (Å²) in [6.07, 6.45) is -4.10. The van der Waals surface area contributed by atoms with E-state index < -0.39 is 23.8 Å². The van der Waals surface area contributed by atoms with Crippen LogP contribution in [0.15, 0.2) is 18.2 Å². The maximum absolute atomic E-state index is 12.8. The summed E-state index contributed by atoms with van der Waals surface area (Å²) in [5.41, 5.74) is 4.22. The fourth-order valence-corrected chi connectivity index (χ4v) is 1.92. The third-order valence-corrected chi connectivity index (χ3v) is 2.89. The third kappa shape index (κ3) is 4.84. The number of carbonyl (C=O) groups is 1. The van der Waals surface area contributed by atoms with Crippen molar-refractivity contribution < 1.29 is 22.7 Å². The molecule has 0 spiro atoms. The predicted octanol–water partition coefficient (Wildman–Crippen LogP) is 3.29. The van der Waals surface area contributed by atoms with Crippen LogP contribution in [0, 0.1) is 5.92 Å². The van der Waals surface area contributed by atoms with Crippen LogP contribution < -0.4 is 11.1 Å². The maximum atomic E-state index is 12.8. The Morgan fingerprint density at radius 2 is 2.00 bits per heavy atom. The third-order valence-electron chi connectivity index (χ3n) is 2.89. The van der Waals surface area contributed by atoms with Gasteiger partial charge in [-0.05, 0) is 30.5 Å². The average molecular weight is 304 g/mol. The second-order valence-electron chi connectivity index (χ2n) is 5.15. The quantitative estimate of drug-likeness (QED) is 0.647. The highest BCUT2D eigenvalue weighted by atomic mass is 19.4. The van der Waals surface area contributed by atoms with Gasteiger partial charge < -0.3 is 15.8 Å². The number of ether oxygens (including phenoxy) is 1. The Morgan fingerprint density at radius 1 is 1.38 bits per heavy atom. The topological polar surface area (TPSA) is 64.3 Å². The lowest BCUT2D eigenvalue weighted by molar-refractivity contribution is -0.141. The summed E-state index contributed by atoms with van der Waals surface area (Å²) in [5.74, 6) is -0.341. The Hall–Kier alpha value is -1.92. The number of rotatable bonds is 5. The molecule has 0 aromatic heterocycles. The molecule has 1 unspecified atom stereocenters. The van der Waals surface area contributed by atoms with Crippen LogP contribution in [0.2, 0.25) is 0 Å². The number of anilines is 2. The SMILES string of the molecule is COC(=O)C(CC(C)C)Nc1ccc(N)c(C(F)(F)F)c1. The van der Waals surface area contributed by atoms with Crippen LogP contribution in [-0.4, -0.2) is 19.1 Å². The number of hydrogen-bond acceptors (Lipinski definition) is 4. The van der Waals surface area contributed by atoms with Gasteiger partial charge in [-0.2, -0.15) is 13.2 Å². The molecule has 1 aromatic rings. The molecule has 0 heterocycles. The Morgan fingerprint density at radius 3 is 2.48 bits per heavy atom. The standard InChI is InChI=1S/C14H19F3N2O2/c1-8(2)6-12(13(20)21-3)19-9-4-5-11(18)10(7-9)14(15,16)17/h4-5,7-8,12,19H,6,18H2,1-3H3. The maximum Gasteiger partial charge on any atom is 0.418 e. The van der Waals surface area contributed by atoms with Crippen molar-refractivity contribution >= 4 is 17.3 Å². The number of carbonyl (C=O) groups excluding carboxylic acids is 1. The van der Waals surface area contributed by atoms with Crippen molar-refractivity contribution in [3.05, 3.63) is 23.8 Å². The van der Waals surface area contributed by atoms with E-state index in [2.05, 4.69) is 10.1 Å². The van der Waals surface area contributed by atoms with Gasteiger partial charge in [-0.1, -0.05) is 13.8 Å². The molecule has 4 nitrogen and oxygen atoms in total. The largest absolute Gasteiger partial charge is 0.467 e. The van der Waals surface area contributed by atoms with Crippen LogP contribution >= 0.6 is 0 Å². The lowest BCUT2D eigenvalue weighted by Crippen LogP contribution is -2.32. The van der Waals surface area contributed by atoms with Gasteiger partial charge in [-0.3, -0.25) is 0 Å². The van der Waals surface area contributed by atoms with Crippen LogP contribution in [-0.2, 0) is 15.7 Å². The normalized spacial score (nSPS) is 13.1.